The molecule has 1 N–H and O–H groups in total. The van der Waals surface area contributed by atoms with E-state index in [2.05, 4.69) is 28.9 Å². The number of hydrogen-bond donors (Lipinski definition) is 1. The molecule has 0 saturated heterocycles. The highest BCUT2D eigenvalue weighted by Crippen LogP contribution is 2.27. The number of benzene rings is 2. The zero-order valence-corrected chi connectivity index (χ0v) is 12.2. The summed E-state index contributed by atoms with van der Waals surface area (Å²) in [5.41, 5.74) is 3.20. The van der Waals surface area contributed by atoms with Crippen molar-refractivity contribution in [2.45, 2.75) is 13.8 Å². The summed E-state index contributed by atoms with van der Waals surface area (Å²) in [4.78, 5) is 3.66. The fraction of sp³-hybridized carbons (Fsp3) is 0.250. The van der Waals surface area contributed by atoms with Gasteiger partial charge in [-0.05, 0) is 38.1 Å². The lowest BCUT2D eigenvalue weighted by molar-refractivity contribution is 0.467. The molecule has 0 saturated carbocycles. The summed E-state index contributed by atoms with van der Waals surface area (Å²) in [6.45, 7) is 5.99. The molecule has 0 bridgehead atoms. The van der Waals surface area contributed by atoms with Gasteiger partial charge >= 0.3 is 0 Å². The highest BCUT2D eigenvalue weighted by Gasteiger charge is 2.11. The largest absolute Gasteiger partial charge is 0.506 e. The molecule has 108 valence electrons. The molecule has 0 aliphatic heterocycles. The maximum atomic E-state index is 10.3. The Kier molecular flexibility index (Phi) is 3.48. The van der Waals surface area contributed by atoms with Gasteiger partial charge in [0.05, 0.1) is 0 Å². The fourth-order valence-corrected chi connectivity index (χ4v) is 2.43. The molecule has 1 heterocycles. The molecule has 5 heteroatoms. The van der Waals surface area contributed by atoms with Crippen molar-refractivity contribution in [3.05, 3.63) is 42.5 Å². The first-order valence-corrected chi connectivity index (χ1v) is 7.13. The van der Waals surface area contributed by atoms with E-state index in [1.807, 2.05) is 36.4 Å². The van der Waals surface area contributed by atoms with Crippen LogP contribution in [0.15, 0.2) is 42.5 Å². The van der Waals surface area contributed by atoms with Crippen LogP contribution < -0.4 is 4.90 Å². The Morgan fingerprint density at radius 1 is 1.00 bits per heavy atom. The molecule has 21 heavy (non-hydrogen) atoms. The highest BCUT2D eigenvalue weighted by atomic mass is 16.3. The quantitative estimate of drug-likeness (QED) is 0.799. The number of fused-ring (bicyclic) bond motifs is 1. The van der Waals surface area contributed by atoms with Crippen molar-refractivity contribution in [2.24, 2.45) is 0 Å². The van der Waals surface area contributed by atoms with Crippen LogP contribution in [-0.2, 0) is 0 Å². The van der Waals surface area contributed by atoms with Crippen LogP contribution in [0.1, 0.15) is 13.8 Å². The lowest BCUT2D eigenvalue weighted by Crippen LogP contribution is -2.21. The van der Waals surface area contributed by atoms with Crippen LogP contribution in [0.4, 0.5) is 5.69 Å². The van der Waals surface area contributed by atoms with Crippen molar-refractivity contribution in [3.63, 3.8) is 0 Å². The molecule has 0 fully saturated rings. The predicted molar refractivity (Wildman–Crippen MR) is 84.1 cm³/mol. The molecule has 0 spiro atoms. The highest BCUT2D eigenvalue weighted by molar-refractivity contribution is 5.73. The van der Waals surface area contributed by atoms with Crippen molar-refractivity contribution < 1.29 is 5.11 Å². The molecule has 2 aromatic carbocycles. The maximum Gasteiger partial charge on any atom is 0.145 e. The number of rotatable bonds is 4. The van der Waals surface area contributed by atoms with Gasteiger partial charge in [-0.3, -0.25) is 0 Å². The van der Waals surface area contributed by atoms with Crippen LogP contribution in [0.2, 0.25) is 0 Å². The summed E-state index contributed by atoms with van der Waals surface area (Å²) in [5.74, 6) is 0.180. The summed E-state index contributed by atoms with van der Waals surface area (Å²) in [6.07, 6.45) is 0. The van der Waals surface area contributed by atoms with E-state index in [-0.39, 0.29) is 5.75 Å². The number of phenolic OH excluding ortho intramolecular Hbond substituents is 1. The van der Waals surface area contributed by atoms with Crippen molar-refractivity contribution in [3.8, 4) is 11.4 Å². The van der Waals surface area contributed by atoms with Crippen LogP contribution in [0.5, 0.6) is 5.75 Å². The molecular weight excluding hydrogens is 264 g/mol. The van der Waals surface area contributed by atoms with Crippen molar-refractivity contribution in [1.82, 2.24) is 15.0 Å². The van der Waals surface area contributed by atoms with Gasteiger partial charge in [-0.1, -0.05) is 12.1 Å². The molecule has 0 aliphatic rings. The van der Waals surface area contributed by atoms with Gasteiger partial charge in [-0.15, -0.1) is 15.0 Å². The SMILES string of the molecule is CCN(CC)c1ccc(-n2nc3ccccc3n2)c(O)c1. The summed E-state index contributed by atoms with van der Waals surface area (Å²) >= 11 is 0. The second kappa shape index (κ2) is 5.44. The van der Waals surface area contributed by atoms with Gasteiger partial charge in [0.1, 0.15) is 22.5 Å². The van der Waals surface area contributed by atoms with Gasteiger partial charge < -0.3 is 10.0 Å². The van der Waals surface area contributed by atoms with Gasteiger partial charge in [0.2, 0.25) is 0 Å². The molecule has 3 aromatic rings. The van der Waals surface area contributed by atoms with Crippen LogP contribution in [0.25, 0.3) is 16.7 Å². The number of anilines is 1. The second-order valence-electron chi connectivity index (χ2n) is 4.82. The number of hydrogen-bond acceptors (Lipinski definition) is 4. The zero-order chi connectivity index (χ0) is 14.8. The third kappa shape index (κ3) is 2.42. The van der Waals surface area contributed by atoms with Gasteiger partial charge in [-0.25, -0.2) is 0 Å². The lowest BCUT2D eigenvalue weighted by atomic mass is 10.2. The Hall–Kier alpha value is -2.56. The minimum absolute atomic E-state index is 0.180. The van der Waals surface area contributed by atoms with Gasteiger partial charge in [0, 0.05) is 24.8 Å². The number of phenols is 1. The van der Waals surface area contributed by atoms with Crippen LogP contribution in [0, 0.1) is 0 Å². The molecule has 0 unspecified atom stereocenters. The van der Waals surface area contributed by atoms with E-state index in [4.69, 9.17) is 0 Å². The van der Waals surface area contributed by atoms with Gasteiger partial charge in [0.15, 0.2) is 0 Å². The first kappa shape index (κ1) is 13.4. The maximum absolute atomic E-state index is 10.3. The normalized spacial score (nSPS) is 11.0. The smallest absolute Gasteiger partial charge is 0.145 e. The van der Waals surface area contributed by atoms with Gasteiger partial charge in [-0.2, -0.15) is 0 Å². The van der Waals surface area contributed by atoms with E-state index in [1.165, 1.54) is 4.80 Å². The van der Waals surface area contributed by atoms with E-state index in [1.54, 1.807) is 6.07 Å². The van der Waals surface area contributed by atoms with E-state index < -0.39 is 0 Å². The Labute approximate surface area is 123 Å². The summed E-state index contributed by atoms with van der Waals surface area (Å²) in [7, 11) is 0. The molecule has 0 amide bonds. The van der Waals surface area contributed by atoms with Crippen LogP contribution in [-0.4, -0.2) is 33.2 Å². The Morgan fingerprint density at radius 2 is 1.62 bits per heavy atom. The van der Waals surface area contributed by atoms with Crippen molar-refractivity contribution >= 4 is 16.7 Å². The number of aromatic hydroxyl groups is 1. The van der Waals surface area contributed by atoms with Crippen molar-refractivity contribution in [2.75, 3.05) is 18.0 Å². The first-order chi connectivity index (χ1) is 10.2. The Bertz CT molecular complexity index is 729. The third-order valence-electron chi connectivity index (χ3n) is 3.59. The Balaban J connectivity index is 2.02. The van der Waals surface area contributed by atoms with Gasteiger partial charge in [0.25, 0.3) is 0 Å². The van der Waals surface area contributed by atoms with E-state index in [0.717, 1.165) is 29.8 Å². The van der Waals surface area contributed by atoms with Crippen LogP contribution >= 0.6 is 0 Å². The number of nitrogens with zero attached hydrogens (tertiary/aromatic N) is 4. The molecular formula is C16H18N4O. The fourth-order valence-electron chi connectivity index (χ4n) is 2.43. The molecule has 0 aliphatic carbocycles. The Morgan fingerprint density at radius 3 is 2.14 bits per heavy atom. The third-order valence-corrected chi connectivity index (χ3v) is 3.59. The minimum Gasteiger partial charge on any atom is -0.506 e. The predicted octanol–water partition coefficient (Wildman–Crippen LogP) is 2.97. The van der Waals surface area contributed by atoms with E-state index in [9.17, 15) is 5.11 Å². The topological polar surface area (TPSA) is 54.2 Å². The van der Waals surface area contributed by atoms with Crippen molar-refractivity contribution in [1.29, 1.82) is 0 Å². The number of aromatic nitrogens is 3. The summed E-state index contributed by atoms with van der Waals surface area (Å²) in [6, 6.07) is 13.2. The zero-order valence-electron chi connectivity index (χ0n) is 12.2. The summed E-state index contributed by atoms with van der Waals surface area (Å²) < 4.78 is 0. The first-order valence-electron chi connectivity index (χ1n) is 7.13. The average Bonchev–Trinajstić information content (AvgIpc) is 2.92. The lowest BCUT2D eigenvalue weighted by Gasteiger charge is -2.21. The monoisotopic (exact) mass is 282 g/mol. The molecule has 0 radical (unpaired) electrons. The minimum atomic E-state index is 0.180. The summed E-state index contributed by atoms with van der Waals surface area (Å²) in [5, 5.41) is 19.1. The second-order valence-corrected chi connectivity index (χ2v) is 4.82. The standard InChI is InChI=1S/C16H18N4O/c1-3-19(4-2)12-9-10-15(16(21)11-12)20-17-13-7-5-6-8-14(13)18-20/h5-11,21H,3-4H2,1-2H3. The average molecular weight is 282 g/mol. The molecule has 5 nitrogen and oxygen atoms in total. The molecule has 0 atom stereocenters. The molecule has 3 rings (SSSR count). The van der Waals surface area contributed by atoms with E-state index >= 15 is 0 Å². The molecule has 1 aromatic heterocycles. The van der Waals surface area contributed by atoms with Crippen LogP contribution in [0.3, 0.4) is 0 Å². The van der Waals surface area contributed by atoms with E-state index in [0.29, 0.717) is 5.69 Å².